The first-order chi connectivity index (χ1) is 13.4. The number of sulfonamides is 1. The van der Waals surface area contributed by atoms with E-state index in [-0.39, 0.29) is 17.4 Å². The van der Waals surface area contributed by atoms with Crippen LogP contribution in [0, 0.1) is 6.92 Å². The Morgan fingerprint density at radius 1 is 1.14 bits per heavy atom. The van der Waals surface area contributed by atoms with Crippen molar-refractivity contribution < 1.29 is 17.9 Å². The van der Waals surface area contributed by atoms with E-state index in [1.54, 1.807) is 42.5 Å². The SMILES string of the molecule is Cc1cc(OCC(=O)NCc2ccc(S(=O)(=O)N3CCCC3)cc2)ccc1Cl. The second-order valence-corrected chi connectivity index (χ2v) is 9.08. The third-order valence-corrected chi connectivity index (χ3v) is 6.95. The monoisotopic (exact) mass is 422 g/mol. The number of nitrogens with one attached hydrogen (secondary N) is 1. The van der Waals surface area contributed by atoms with Crippen LogP contribution >= 0.6 is 11.6 Å². The molecule has 6 nitrogen and oxygen atoms in total. The summed E-state index contributed by atoms with van der Waals surface area (Å²) in [5.41, 5.74) is 1.69. The summed E-state index contributed by atoms with van der Waals surface area (Å²) in [5, 5.41) is 3.40. The minimum Gasteiger partial charge on any atom is -0.484 e. The predicted octanol–water partition coefficient (Wildman–Crippen LogP) is 3.13. The van der Waals surface area contributed by atoms with Crippen molar-refractivity contribution in [1.82, 2.24) is 9.62 Å². The molecule has 0 aliphatic carbocycles. The number of rotatable bonds is 7. The van der Waals surface area contributed by atoms with E-state index in [1.807, 2.05) is 6.92 Å². The molecule has 0 spiro atoms. The maximum absolute atomic E-state index is 12.5. The second kappa shape index (κ2) is 8.94. The van der Waals surface area contributed by atoms with E-state index in [1.165, 1.54) is 4.31 Å². The van der Waals surface area contributed by atoms with E-state index in [0.717, 1.165) is 24.0 Å². The largest absolute Gasteiger partial charge is 0.484 e. The van der Waals surface area contributed by atoms with Crippen molar-refractivity contribution in [3.05, 3.63) is 58.6 Å². The molecule has 1 aliphatic rings. The molecule has 1 aliphatic heterocycles. The maximum atomic E-state index is 12.5. The Bertz CT molecular complexity index is 939. The maximum Gasteiger partial charge on any atom is 0.258 e. The Hall–Kier alpha value is -2.09. The number of hydrogen-bond acceptors (Lipinski definition) is 4. The van der Waals surface area contributed by atoms with Crippen LogP contribution in [-0.2, 0) is 21.4 Å². The molecule has 150 valence electrons. The molecule has 2 aromatic rings. The van der Waals surface area contributed by atoms with Crippen LogP contribution in [0.2, 0.25) is 5.02 Å². The summed E-state index contributed by atoms with van der Waals surface area (Å²) in [6.45, 7) is 3.21. The van der Waals surface area contributed by atoms with Crippen molar-refractivity contribution in [3.63, 3.8) is 0 Å². The van der Waals surface area contributed by atoms with E-state index >= 15 is 0 Å². The number of carbonyl (C=O) groups excluding carboxylic acids is 1. The van der Waals surface area contributed by atoms with Gasteiger partial charge in [0.2, 0.25) is 10.0 Å². The standard InChI is InChI=1S/C20H23ClN2O4S/c1-15-12-17(6-9-19(15)21)27-14-20(24)22-13-16-4-7-18(8-5-16)28(25,26)23-10-2-3-11-23/h4-9,12H,2-3,10-11,13-14H2,1H3,(H,22,24). The van der Waals surface area contributed by atoms with Gasteiger partial charge in [0, 0.05) is 24.7 Å². The molecule has 1 N–H and O–H groups in total. The van der Waals surface area contributed by atoms with Crippen LogP contribution in [0.15, 0.2) is 47.4 Å². The van der Waals surface area contributed by atoms with Crippen LogP contribution in [0.25, 0.3) is 0 Å². The van der Waals surface area contributed by atoms with Gasteiger partial charge in [-0.25, -0.2) is 8.42 Å². The van der Waals surface area contributed by atoms with Crippen LogP contribution in [0.4, 0.5) is 0 Å². The van der Waals surface area contributed by atoms with Crippen molar-refractivity contribution in [2.45, 2.75) is 31.2 Å². The third kappa shape index (κ3) is 5.04. The summed E-state index contributed by atoms with van der Waals surface area (Å²) in [5.74, 6) is 0.315. The molecule has 1 saturated heterocycles. The topological polar surface area (TPSA) is 75.7 Å². The minimum atomic E-state index is -3.42. The van der Waals surface area contributed by atoms with E-state index in [0.29, 0.717) is 30.4 Å². The van der Waals surface area contributed by atoms with E-state index < -0.39 is 10.0 Å². The first-order valence-electron chi connectivity index (χ1n) is 9.11. The molecule has 8 heteroatoms. The fraction of sp³-hybridized carbons (Fsp3) is 0.350. The molecular formula is C20H23ClN2O4S. The van der Waals surface area contributed by atoms with Crippen molar-refractivity contribution in [3.8, 4) is 5.75 Å². The van der Waals surface area contributed by atoms with Gasteiger partial charge >= 0.3 is 0 Å². The van der Waals surface area contributed by atoms with Gasteiger partial charge in [-0.05, 0) is 61.2 Å². The van der Waals surface area contributed by atoms with Crippen LogP contribution in [0.1, 0.15) is 24.0 Å². The Balaban J connectivity index is 1.50. The molecular weight excluding hydrogens is 400 g/mol. The Labute approximate surface area is 170 Å². The Morgan fingerprint density at radius 3 is 2.46 bits per heavy atom. The highest BCUT2D eigenvalue weighted by atomic mass is 35.5. The number of hydrogen-bond donors (Lipinski definition) is 1. The molecule has 0 bridgehead atoms. The highest BCUT2D eigenvalue weighted by Crippen LogP contribution is 2.22. The van der Waals surface area contributed by atoms with Gasteiger partial charge in [-0.1, -0.05) is 23.7 Å². The number of aryl methyl sites for hydroxylation is 1. The third-order valence-electron chi connectivity index (χ3n) is 4.62. The quantitative estimate of drug-likeness (QED) is 0.743. The van der Waals surface area contributed by atoms with Crippen molar-refractivity contribution >= 4 is 27.5 Å². The molecule has 2 aromatic carbocycles. The number of ether oxygens (including phenoxy) is 1. The highest BCUT2D eigenvalue weighted by molar-refractivity contribution is 7.89. The molecule has 1 heterocycles. The number of halogens is 1. The summed E-state index contributed by atoms with van der Waals surface area (Å²) in [7, 11) is -3.42. The van der Waals surface area contributed by atoms with Crippen molar-refractivity contribution in [1.29, 1.82) is 0 Å². The fourth-order valence-electron chi connectivity index (χ4n) is 2.96. The number of carbonyl (C=O) groups is 1. The summed E-state index contributed by atoms with van der Waals surface area (Å²) < 4.78 is 32.0. The lowest BCUT2D eigenvalue weighted by Crippen LogP contribution is -2.29. The zero-order valence-electron chi connectivity index (χ0n) is 15.7. The molecule has 0 unspecified atom stereocenters. The van der Waals surface area contributed by atoms with E-state index in [4.69, 9.17) is 16.3 Å². The molecule has 0 radical (unpaired) electrons. The van der Waals surface area contributed by atoms with Crippen LogP contribution < -0.4 is 10.1 Å². The summed E-state index contributed by atoms with van der Waals surface area (Å²) in [4.78, 5) is 12.3. The van der Waals surface area contributed by atoms with Gasteiger partial charge in [-0.2, -0.15) is 4.31 Å². The smallest absolute Gasteiger partial charge is 0.258 e. The Kier molecular flexibility index (Phi) is 6.59. The minimum absolute atomic E-state index is 0.109. The van der Waals surface area contributed by atoms with Gasteiger partial charge in [0.15, 0.2) is 6.61 Å². The van der Waals surface area contributed by atoms with E-state index in [2.05, 4.69) is 5.32 Å². The highest BCUT2D eigenvalue weighted by Gasteiger charge is 2.26. The van der Waals surface area contributed by atoms with Gasteiger partial charge in [-0.15, -0.1) is 0 Å². The van der Waals surface area contributed by atoms with Crippen LogP contribution in [0.3, 0.4) is 0 Å². The molecule has 0 saturated carbocycles. The van der Waals surface area contributed by atoms with Crippen molar-refractivity contribution in [2.75, 3.05) is 19.7 Å². The average molecular weight is 423 g/mol. The second-order valence-electron chi connectivity index (χ2n) is 6.73. The number of benzene rings is 2. The lowest BCUT2D eigenvalue weighted by atomic mass is 10.2. The normalized spacial score (nSPS) is 14.8. The Morgan fingerprint density at radius 2 is 1.82 bits per heavy atom. The number of amides is 1. The van der Waals surface area contributed by atoms with E-state index in [9.17, 15) is 13.2 Å². The zero-order valence-corrected chi connectivity index (χ0v) is 17.2. The van der Waals surface area contributed by atoms with Crippen molar-refractivity contribution in [2.24, 2.45) is 0 Å². The molecule has 28 heavy (non-hydrogen) atoms. The van der Waals surface area contributed by atoms with Gasteiger partial charge < -0.3 is 10.1 Å². The van der Waals surface area contributed by atoms with Gasteiger partial charge in [-0.3, -0.25) is 4.79 Å². The average Bonchev–Trinajstić information content (AvgIpc) is 3.23. The first-order valence-corrected chi connectivity index (χ1v) is 10.9. The molecule has 0 atom stereocenters. The lowest BCUT2D eigenvalue weighted by molar-refractivity contribution is -0.123. The van der Waals surface area contributed by atoms with Crippen LogP contribution in [-0.4, -0.2) is 38.3 Å². The summed E-state index contributed by atoms with van der Waals surface area (Å²) in [6.07, 6.45) is 1.81. The predicted molar refractivity (Wildman–Crippen MR) is 108 cm³/mol. The van der Waals surface area contributed by atoms with Gasteiger partial charge in [0.05, 0.1) is 4.90 Å². The fourth-order valence-corrected chi connectivity index (χ4v) is 4.60. The van der Waals surface area contributed by atoms with Crippen LogP contribution in [0.5, 0.6) is 5.75 Å². The van der Waals surface area contributed by atoms with Gasteiger partial charge in [0.1, 0.15) is 5.75 Å². The first kappa shape index (κ1) is 20.6. The number of nitrogens with zero attached hydrogens (tertiary/aromatic N) is 1. The molecule has 3 rings (SSSR count). The molecule has 1 amide bonds. The molecule has 0 aromatic heterocycles. The lowest BCUT2D eigenvalue weighted by Gasteiger charge is -2.15. The summed E-state index contributed by atoms with van der Waals surface area (Å²) in [6, 6.07) is 11.8. The zero-order chi connectivity index (χ0) is 20.1. The summed E-state index contributed by atoms with van der Waals surface area (Å²) >= 11 is 5.96. The van der Waals surface area contributed by atoms with Gasteiger partial charge in [0.25, 0.3) is 5.91 Å². The molecule has 1 fully saturated rings.